The fraction of sp³-hybridized carbons (Fsp3) is 0.647. The third-order valence-corrected chi connectivity index (χ3v) is 3.22. The van der Waals surface area contributed by atoms with E-state index in [2.05, 4.69) is 36.2 Å². The molecule has 0 aromatic heterocycles. The Hall–Kier alpha value is -1.10. The van der Waals surface area contributed by atoms with Gasteiger partial charge in [0.25, 0.3) is 0 Å². The summed E-state index contributed by atoms with van der Waals surface area (Å²) >= 11 is 0. The van der Waals surface area contributed by atoms with Gasteiger partial charge in [0.1, 0.15) is 12.4 Å². The van der Waals surface area contributed by atoms with Crippen molar-refractivity contribution in [3.8, 4) is 5.75 Å². The molecule has 0 saturated heterocycles. The monoisotopic (exact) mass is 294 g/mol. The van der Waals surface area contributed by atoms with Crippen LogP contribution in [0.3, 0.4) is 0 Å². The summed E-state index contributed by atoms with van der Waals surface area (Å²) in [5.74, 6) is 1.59. The van der Waals surface area contributed by atoms with Gasteiger partial charge < -0.3 is 14.8 Å². The van der Waals surface area contributed by atoms with Crippen LogP contribution in [-0.2, 0) is 11.3 Å². The Morgan fingerprint density at radius 1 is 1.10 bits per heavy atom. The van der Waals surface area contributed by atoms with Crippen LogP contribution < -0.4 is 10.1 Å². The molecular weight excluding hydrogens is 264 g/mol. The number of hydrogen-bond donors (Lipinski definition) is 1. The first-order valence-electron chi connectivity index (χ1n) is 7.73. The number of benzene rings is 1. The number of nitrogens with one attached hydrogen (secondary N) is 1. The molecule has 0 saturated carbocycles. The van der Waals surface area contributed by atoms with Gasteiger partial charge in [0, 0.05) is 33.3 Å². The Morgan fingerprint density at radius 2 is 1.76 bits per heavy atom. The SMILES string of the molecule is CNCc1ccc(OCCN(CCOC)CC(C)C)cc1. The zero-order valence-electron chi connectivity index (χ0n) is 13.9. The molecule has 0 heterocycles. The summed E-state index contributed by atoms with van der Waals surface area (Å²) in [6.07, 6.45) is 0. The van der Waals surface area contributed by atoms with Crippen molar-refractivity contribution >= 4 is 0 Å². The highest BCUT2D eigenvalue weighted by Gasteiger charge is 2.07. The highest BCUT2D eigenvalue weighted by Crippen LogP contribution is 2.12. The molecule has 0 radical (unpaired) electrons. The molecule has 4 nitrogen and oxygen atoms in total. The largest absolute Gasteiger partial charge is 0.492 e. The Kier molecular flexibility index (Phi) is 9.06. The van der Waals surface area contributed by atoms with E-state index in [9.17, 15) is 0 Å². The molecule has 1 N–H and O–H groups in total. The average molecular weight is 294 g/mol. The smallest absolute Gasteiger partial charge is 0.119 e. The first kappa shape index (κ1) is 18.0. The molecule has 0 aliphatic carbocycles. The molecule has 4 heteroatoms. The van der Waals surface area contributed by atoms with E-state index >= 15 is 0 Å². The lowest BCUT2D eigenvalue weighted by atomic mass is 10.2. The van der Waals surface area contributed by atoms with Gasteiger partial charge >= 0.3 is 0 Å². The van der Waals surface area contributed by atoms with E-state index in [0.29, 0.717) is 12.5 Å². The van der Waals surface area contributed by atoms with Crippen LogP contribution in [0.15, 0.2) is 24.3 Å². The number of rotatable bonds is 11. The first-order chi connectivity index (χ1) is 10.2. The summed E-state index contributed by atoms with van der Waals surface area (Å²) < 4.78 is 11.0. The summed E-state index contributed by atoms with van der Waals surface area (Å²) in [5.41, 5.74) is 1.27. The summed E-state index contributed by atoms with van der Waals surface area (Å²) in [6, 6.07) is 8.27. The van der Waals surface area contributed by atoms with Crippen molar-refractivity contribution in [2.24, 2.45) is 5.92 Å². The predicted octanol–water partition coefficient (Wildman–Crippen LogP) is 2.39. The van der Waals surface area contributed by atoms with Gasteiger partial charge in [-0.15, -0.1) is 0 Å². The second-order valence-electron chi connectivity index (χ2n) is 5.71. The third kappa shape index (κ3) is 8.05. The quantitative estimate of drug-likeness (QED) is 0.679. The number of hydrogen-bond acceptors (Lipinski definition) is 4. The normalized spacial score (nSPS) is 11.3. The number of nitrogens with zero attached hydrogens (tertiary/aromatic N) is 1. The van der Waals surface area contributed by atoms with Gasteiger partial charge in [-0.3, -0.25) is 4.90 Å². The van der Waals surface area contributed by atoms with E-state index in [-0.39, 0.29) is 0 Å². The Bertz CT molecular complexity index is 366. The van der Waals surface area contributed by atoms with E-state index in [4.69, 9.17) is 9.47 Å². The number of ether oxygens (including phenoxy) is 2. The summed E-state index contributed by atoms with van der Waals surface area (Å²) in [7, 11) is 3.70. The van der Waals surface area contributed by atoms with Crippen LogP contribution in [-0.4, -0.2) is 51.9 Å². The fourth-order valence-corrected chi connectivity index (χ4v) is 2.23. The molecular formula is C17H30N2O2. The zero-order chi connectivity index (χ0) is 15.5. The van der Waals surface area contributed by atoms with Crippen LogP contribution >= 0.6 is 0 Å². The summed E-state index contributed by atoms with van der Waals surface area (Å²) in [4.78, 5) is 2.39. The highest BCUT2D eigenvalue weighted by atomic mass is 16.5. The van der Waals surface area contributed by atoms with Crippen molar-refractivity contribution in [1.82, 2.24) is 10.2 Å². The molecule has 0 amide bonds. The lowest BCUT2D eigenvalue weighted by molar-refractivity contribution is 0.127. The summed E-state index contributed by atoms with van der Waals surface area (Å²) in [6.45, 7) is 9.81. The molecule has 0 fully saturated rings. The van der Waals surface area contributed by atoms with Crippen LogP contribution in [0.5, 0.6) is 5.75 Å². The minimum absolute atomic E-state index is 0.655. The van der Waals surface area contributed by atoms with Crippen LogP contribution in [0.2, 0.25) is 0 Å². The maximum atomic E-state index is 5.83. The Labute approximate surface area is 129 Å². The standard InChI is InChI=1S/C17H30N2O2/c1-15(2)14-19(9-11-20-4)10-12-21-17-7-5-16(6-8-17)13-18-3/h5-8,15,18H,9-14H2,1-4H3. The van der Waals surface area contributed by atoms with Crippen LogP contribution in [0.25, 0.3) is 0 Å². The van der Waals surface area contributed by atoms with Crippen LogP contribution in [0, 0.1) is 5.92 Å². The average Bonchev–Trinajstić information content (AvgIpc) is 2.46. The Balaban J connectivity index is 2.34. The van der Waals surface area contributed by atoms with Gasteiger partial charge in [-0.05, 0) is 30.7 Å². The van der Waals surface area contributed by atoms with Crippen molar-refractivity contribution in [1.29, 1.82) is 0 Å². The van der Waals surface area contributed by atoms with E-state index in [1.54, 1.807) is 7.11 Å². The molecule has 0 bridgehead atoms. The van der Waals surface area contributed by atoms with Crippen molar-refractivity contribution in [3.05, 3.63) is 29.8 Å². The highest BCUT2D eigenvalue weighted by molar-refractivity contribution is 5.27. The van der Waals surface area contributed by atoms with E-state index in [1.165, 1.54) is 5.56 Å². The molecule has 0 spiro atoms. The molecule has 0 unspecified atom stereocenters. The van der Waals surface area contributed by atoms with Crippen molar-refractivity contribution in [2.45, 2.75) is 20.4 Å². The van der Waals surface area contributed by atoms with Gasteiger partial charge in [0.05, 0.1) is 6.61 Å². The van der Waals surface area contributed by atoms with Crippen molar-refractivity contribution in [2.75, 3.05) is 47.0 Å². The molecule has 0 aliphatic rings. The van der Waals surface area contributed by atoms with E-state index in [1.807, 2.05) is 19.2 Å². The molecule has 1 aromatic rings. The van der Waals surface area contributed by atoms with Gasteiger partial charge in [-0.25, -0.2) is 0 Å². The maximum Gasteiger partial charge on any atom is 0.119 e. The predicted molar refractivity (Wildman–Crippen MR) is 87.9 cm³/mol. The van der Waals surface area contributed by atoms with Gasteiger partial charge in [-0.2, -0.15) is 0 Å². The fourth-order valence-electron chi connectivity index (χ4n) is 2.23. The van der Waals surface area contributed by atoms with Crippen LogP contribution in [0.4, 0.5) is 0 Å². The van der Waals surface area contributed by atoms with E-state index in [0.717, 1.165) is 38.5 Å². The molecule has 120 valence electrons. The molecule has 1 rings (SSSR count). The van der Waals surface area contributed by atoms with Gasteiger partial charge in [-0.1, -0.05) is 26.0 Å². The zero-order valence-corrected chi connectivity index (χ0v) is 13.9. The third-order valence-electron chi connectivity index (χ3n) is 3.22. The summed E-state index contributed by atoms with van der Waals surface area (Å²) in [5, 5.41) is 3.14. The van der Waals surface area contributed by atoms with Gasteiger partial charge in [0.2, 0.25) is 0 Å². The molecule has 21 heavy (non-hydrogen) atoms. The second-order valence-corrected chi connectivity index (χ2v) is 5.71. The second kappa shape index (κ2) is 10.6. The molecule has 0 aliphatic heterocycles. The molecule has 0 atom stereocenters. The topological polar surface area (TPSA) is 33.7 Å². The lowest BCUT2D eigenvalue weighted by Gasteiger charge is -2.23. The maximum absolute atomic E-state index is 5.83. The minimum Gasteiger partial charge on any atom is -0.492 e. The van der Waals surface area contributed by atoms with Crippen molar-refractivity contribution in [3.63, 3.8) is 0 Å². The first-order valence-corrected chi connectivity index (χ1v) is 7.73. The molecule has 1 aromatic carbocycles. The Morgan fingerprint density at radius 3 is 2.33 bits per heavy atom. The van der Waals surface area contributed by atoms with E-state index < -0.39 is 0 Å². The number of methoxy groups -OCH3 is 1. The van der Waals surface area contributed by atoms with Gasteiger partial charge in [0.15, 0.2) is 0 Å². The lowest BCUT2D eigenvalue weighted by Crippen LogP contribution is -2.34. The van der Waals surface area contributed by atoms with Crippen molar-refractivity contribution < 1.29 is 9.47 Å². The minimum atomic E-state index is 0.655. The van der Waals surface area contributed by atoms with Crippen LogP contribution in [0.1, 0.15) is 19.4 Å².